The molecule has 0 bridgehead atoms. The molecule has 0 fully saturated rings. The van der Waals surface area contributed by atoms with Crippen LogP contribution in [0.5, 0.6) is 0 Å². The van der Waals surface area contributed by atoms with Gasteiger partial charge in [-0.05, 0) is 24.6 Å². The van der Waals surface area contributed by atoms with Crippen LogP contribution in [0, 0.1) is 0 Å². The number of hydrogen-bond acceptors (Lipinski definition) is 4. The van der Waals surface area contributed by atoms with E-state index in [-0.39, 0.29) is 0 Å². The van der Waals surface area contributed by atoms with Crippen molar-refractivity contribution in [3.63, 3.8) is 0 Å². The summed E-state index contributed by atoms with van der Waals surface area (Å²) in [5.74, 6) is -0.834. The highest BCUT2D eigenvalue weighted by atomic mass is 16.4. The number of carboxylic acid groups (broad SMARTS) is 1. The van der Waals surface area contributed by atoms with Crippen molar-refractivity contribution in [3.05, 3.63) is 30.7 Å². The Balaban J connectivity index is 2.01. The van der Waals surface area contributed by atoms with Gasteiger partial charge in [0.2, 0.25) is 0 Å². The molecule has 0 saturated heterocycles. The van der Waals surface area contributed by atoms with Crippen molar-refractivity contribution in [2.45, 2.75) is 32.2 Å². The number of hydrogen-bond donors (Lipinski definition) is 3. The van der Waals surface area contributed by atoms with Crippen LogP contribution in [0.2, 0.25) is 0 Å². The molecule has 0 aliphatic rings. The number of nitrogens with one attached hydrogen (secondary N) is 2. The molecular weight excluding hydrogens is 280 g/mol. The van der Waals surface area contributed by atoms with Gasteiger partial charge in [-0.15, -0.1) is 0 Å². The predicted octanol–water partition coefficient (Wildman–Crippen LogP) is 3.17. The molecule has 3 rings (SSSR count). The third kappa shape index (κ3) is 2.59. The Morgan fingerprint density at radius 2 is 2.18 bits per heavy atom. The molecule has 0 spiro atoms. The normalized spacial score (nSPS) is 12.6. The van der Waals surface area contributed by atoms with E-state index in [1.54, 1.807) is 12.5 Å². The number of unbranched alkanes of at least 4 members (excludes halogenated alkanes) is 1. The molecular formula is C16H18N4O2. The van der Waals surface area contributed by atoms with E-state index in [1.807, 2.05) is 18.2 Å². The number of H-pyrrole nitrogens is 1. The lowest BCUT2D eigenvalue weighted by molar-refractivity contribution is -0.138. The average molecular weight is 298 g/mol. The molecule has 0 radical (unpaired) electrons. The van der Waals surface area contributed by atoms with Crippen molar-refractivity contribution in [1.82, 2.24) is 15.0 Å². The van der Waals surface area contributed by atoms with Gasteiger partial charge in [-0.3, -0.25) is 4.98 Å². The molecule has 1 atom stereocenters. The first-order valence-corrected chi connectivity index (χ1v) is 7.41. The minimum absolute atomic E-state index is 0.597. The zero-order chi connectivity index (χ0) is 15.5. The molecule has 2 aromatic heterocycles. The highest BCUT2D eigenvalue weighted by Crippen LogP contribution is 2.27. The van der Waals surface area contributed by atoms with Crippen LogP contribution in [0.1, 0.15) is 26.2 Å². The van der Waals surface area contributed by atoms with Gasteiger partial charge in [-0.1, -0.05) is 19.8 Å². The maximum absolute atomic E-state index is 11.4. The molecule has 0 saturated carbocycles. The number of rotatable bonds is 6. The van der Waals surface area contributed by atoms with E-state index in [1.165, 1.54) is 0 Å². The number of anilines is 1. The van der Waals surface area contributed by atoms with Crippen LogP contribution in [-0.2, 0) is 4.79 Å². The Kier molecular flexibility index (Phi) is 3.91. The van der Waals surface area contributed by atoms with Gasteiger partial charge in [-0.25, -0.2) is 9.78 Å². The third-order valence-corrected chi connectivity index (χ3v) is 3.77. The first-order valence-electron chi connectivity index (χ1n) is 7.41. The predicted molar refractivity (Wildman–Crippen MR) is 86.0 cm³/mol. The van der Waals surface area contributed by atoms with Crippen LogP contribution in [0.4, 0.5) is 5.69 Å². The van der Waals surface area contributed by atoms with E-state index in [0.29, 0.717) is 6.42 Å². The maximum atomic E-state index is 11.4. The smallest absolute Gasteiger partial charge is 0.326 e. The monoisotopic (exact) mass is 298 g/mol. The summed E-state index contributed by atoms with van der Waals surface area (Å²) in [6.45, 7) is 2.05. The van der Waals surface area contributed by atoms with Gasteiger partial charge in [0, 0.05) is 17.3 Å². The fraction of sp³-hybridized carbons (Fsp3) is 0.312. The highest BCUT2D eigenvalue weighted by molar-refractivity contribution is 6.06. The molecule has 0 aliphatic carbocycles. The molecule has 0 unspecified atom stereocenters. The van der Waals surface area contributed by atoms with Crippen molar-refractivity contribution in [3.8, 4) is 0 Å². The first kappa shape index (κ1) is 14.3. The van der Waals surface area contributed by atoms with Gasteiger partial charge < -0.3 is 15.4 Å². The van der Waals surface area contributed by atoms with E-state index in [0.717, 1.165) is 40.5 Å². The number of aromatic amines is 1. The minimum atomic E-state index is -0.834. The summed E-state index contributed by atoms with van der Waals surface area (Å²) in [7, 11) is 0. The summed E-state index contributed by atoms with van der Waals surface area (Å²) in [6, 6.07) is 5.08. The molecule has 2 heterocycles. The van der Waals surface area contributed by atoms with Crippen molar-refractivity contribution in [2.24, 2.45) is 0 Å². The van der Waals surface area contributed by atoms with Crippen molar-refractivity contribution in [2.75, 3.05) is 5.32 Å². The zero-order valence-electron chi connectivity index (χ0n) is 12.3. The quantitative estimate of drug-likeness (QED) is 0.650. The third-order valence-electron chi connectivity index (χ3n) is 3.77. The fourth-order valence-electron chi connectivity index (χ4n) is 2.60. The largest absolute Gasteiger partial charge is 0.480 e. The SMILES string of the molecule is CCCC[C@H](Nc1ccnc2c1ccc1[nH]cnc12)C(=O)O. The topological polar surface area (TPSA) is 90.9 Å². The Bertz CT molecular complexity index is 812. The summed E-state index contributed by atoms with van der Waals surface area (Å²) in [6.07, 6.45) is 5.75. The summed E-state index contributed by atoms with van der Waals surface area (Å²) in [5.41, 5.74) is 3.25. The second-order valence-electron chi connectivity index (χ2n) is 5.30. The molecule has 6 nitrogen and oxygen atoms in total. The van der Waals surface area contributed by atoms with Crippen molar-refractivity contribution in [1.29, 1.82) is 0 Å². The molecule has 3 aromatic rings. The number of fused-ring (bicyclic) bond motifs is 3. The highest BCUT2D eigenvalue weighted by Gasteiger charge is 2.18. The Morgan fingerprint density at radius 3 is 2.95 bits per heavy atom. The Morgan fingerprint density at radius 1 is 1.32 bits per heavy atom. The van der Waals surface area contributed by atoms with E-state index < -0.39 is 12.0 Å². The first-order chi connectivity index (χ1) is 10.7. The van der Waals surface area contributed by atoms with Crippen LogP contribution in [-0.4, -0.2) is 32.1 Å². The van der Waals surface area contributed by atoms with Crippen LogP contribution in [0.3, 0.4) is 0 Å². The number of pyridine rings is 1. The molecule has 114 valence electrons. The van der Waals surface area contributed by atoms with Gasteiger partial charge in [0.25, 0.3) is 0 Å². The Labute approximate surface area is 127 Å². The lowest BCUT2D eigenvalue weighted by atomic mass is 10.1. The summed E-state index contributed by atoms with van der Waals surface area (Å²) < 4.78 is 0. The lowest BCUT2D eigenvalue weighted by Gasteiger charge is -2.16. The molecule has 1 aromatic carbocycles. The molecule has 0 amide bonds. The zero-order valence-corrected chi connectivity index (χ0v) is 12.3. The summed E-state index contributed by atoms with van der Waals surface area (Å²) in [4.78, 5) is 23.2. The van der Waals surface area contributed by atoms with Gasteiger partial charge in [0.1, 0.15) is 17.1 Å². The van der Waals surface area contributed by atoms with Crippen LogP contribution in [0.15, 0.2) is 30.7 Å². The molecule has 3 N–H and O–H groups in total. The van der Waals surface area contributed by atoms with E-state index in [4.69, 9.17) is 0 Å². The summed E-state index contributed by atoms with van der Waals surface area (Å²) in [5, 5.41) is 13.4. The lowest BCUT2D eigenvalue weighted by Crippen LogP contribution is -2.29. The Hall–Kier alpha value is -2.63. The number of nitrogens with zero attached hydrogens (tertiary/aromatic N) is 2. The van der Waals surface area contributed by atoms with E-state index in [9.17, 15) is 9.90 Å². The number of benzene rings is 1. The number of carbonyl (C=O) groups is 1. The van der Waals surface area contributed by atoms with Crippen LogP contribution in [0.25, 0.3) is 21.9 Å². The molecule has 6 heteroatoms. The van der Waals surface area contributed by atoms with Gasteiger partial charge in [-0.2, -0.15) is 0 Å². The molecule has 22 heavy (non-hydrogen) atoms. The van der Waals surface area contributed by atoms with Gasteiger partial charge >= 0.3 is 5.97 Å². The second kappa shape index (κ2) is 6.01. The number of imidazole rings is 1. The maximum Gasteiger partial charge on any atom is 0.326 e. The number of aromatic nitrogens is 3. The van der Waals surface area contributed by atoms with E-state index >= 15 is 0 Å². The number of carboxylic acids is 1. The standard InChI is InChI=1S/C16H18N4O2/c1-2-3-4-13(16(21)22)20-11-7-8-17-14-10(11)5-6-12-15(14)19-9-18-12/h5-9,13H,2-4H2,1H3,(H,17,20)(H,18,19)(H,21,22)/t13-/m0/s1. The second-order valence-corrected chi connectivity index (χ2v) is 5.30. The fourth-order valence-corrected chi connectivity index (χ4v) is 2.60. The van der Waals surface area contributed by atoms with Gasteiger partial charge in [0.15, 0.2) is 0 Å². The van der Waals surface area contributed by atoms with Crippen LogP contribution >= 0.6 is 0 Å². The van der Waals surface area contributed by atoms with Crippen molar-refractivity contribution < 1.29 is 9.90 Å². The van der Waals surface area contributed by atoms with Crippen LogP contribution < -0.4 is 5.32 Å². The van der Waals surface area contributed by atoms with E-state index in [2.05, 4.69) is 27.2 Å². The molecule has 0 aliphatic heterocycles. The number of aliphatic carboxylic acids is 1. The average Bonchev–Trinajstić information content (AvgIpc) is 3.00. The summed E-state index contributed by atoms with van der Waals surface area (Å²) >= 11 is 0. The van der Waals surface area contributed by atoms with Gasteiger partial charge in [0.05, 0.1) is 11.8 Å². The van der Waals surface area contributed by atoms with Crippen molar-refractivity contribution >= 4 is 33.6 Å². The minimum Gasteiger partial charge on any atom is -0.480 e.